The molecule has 0 aliphatic heterocycles. The van der Waals surface area contributed by atoms with Crippen molar-refractivity contribution in [3.8, 4) is 0 Å². The standard InChI is InChI=1S/C13H19Cl2NO3S/c1-9(3-10(2)17)7-16-20(18,19)8-11-4-12(14)6-13(15)5-11/h4-6,9-10,16-17H,3,7-8H2,1-2H3. The fourth-order valence-corrected chi connectivity index (χ4v) is 3.72. The van der Waals surface area contributed by atoms with Crippen LogP contribution in [-0.4, -0.2) is 26.2 Å². The van der Waals surface area contributed by atoms with Crippen molar-refractivity contribution in [2.45, 2.75) is 32.1 Å². The van der Waals surface area contributed by atoms with E-state index in [1.807, 2.05) is 6.92 Å². The lowest BCUT2D eigenvalue weighted by atomic mass is 10.1. The molecule has 114 valence electrons. The highest BCUT2D eigenvalue weighted by Gasteiger charge is 2.15. The number of aliphatic hydroxyl groups is 1. The molecule has 0 amide bonds. The molecule has 2 unspecified atom stereocenters. The maximum Gasteiger partial charge on any atom is 0.215 e. The second-order valence-electron chi connectivity index (χ2n) is 5.08. The van der Waals surface area contributed by atoms with Crippen LogP contribution in [0.4, 0.5) is 0 Å². The lowest BCUT2D eigenvalue weighted by molar-refractivity contribution is 0.165. The van der Waals surface area contributed by atoms with Crippen LogP contribution < -0.4 is 4.72 Å². The molecule has 0 saturated carbocycles. The molecule has 1 aromatic rings. The van der Waals surface area contributed by atoms with Gasteiger partial charge in [-0.2, -0.15) is 0 Å². The quantitative estimate of drug-likeness (QED) is 0.802. The molecule has 1 aromatic carbocycles. The first kappa shape index (κ1) is 17.7. The van der Waals surface area contributed by atoms with Gasteiger partial charge in [0, 0.05) is 16.6 Å². The van der Waals surface area contributed by atoms with E-state index in [0.29, 0.717) is 28.6 Å². The largest absolute Gasteiger partial charge is 0.393 e. The van der Waals surface area contributed by atoms with E-state index in [1.54, 1.807) is 25.1 Å². The zero-order valence-corrected chi connectivity index (χ0v) is 13.8. The summed E-state index contributed by atoms with van der Waals surface area (Å²) in [7, 11) is -3.45. The van der Waals surface area contributed by atoms with Gasteiger partial charge in [-0.3, -0.25) is 0 Å². The molecule has 0 aliphatic carbocycles. The molecule has 2 atom stereocenters. The molecule has 0 fully saturated rings. The van der Waals surface area contributed by atoms with Gasteiger partial charge < -0.3 is 5.11 Å². The zero-order chi connectivity index (χ0) is 15.3. The molecular weight excluding hydrogens is 321 g/mol. The Morgan fingerprint density at radius 2 is 1.75 bits per heavy atom. The molecule has 4 nitrogen and oxygen atoms in total. The van der Waals surface area contributed by atoms with Crippen molar-refractivity contribution in [1.82, 2.24) is 4.72 Å². The van der Waals surface area contributed by atoms with E-state index < -0.39 is 16.1 Å². The van der Waals surface area contributed by atoms with Gasteiger partial charge in [0.2, 0.25) is 10.0 Å². The Bertz CT molecular complexity index is 526. The molecule has 7 heteroatoms. The first-order valence-corrected chi connectivity index (χ1v) is 8.69. The van der Waals surface area contributed by atoms with Gasteiger partial charge >= 0.3 is 0 Å². The molecule has 1 rings (SSSR count). The molecule has 0 spiro atoms. The first-order chi connectivity index (χ1) is 9.18. The Morgan fingerprint density at radius 3 is 2.25 bits per heavy atom. The van der Waals surface area contributed by atoms with Gasteiger partial charge in [0.15, 0.2) is 0 Å². The summed E-state index contributed by atoms with van der Waals surface area (Å²) in [5, 5.41) is 10.1. The summed E-state index contributed by atoms with van der Waals surface area (Å²) in [6.07, 6.45) is 0.104. The topological polar surface area (TPSA) is 66.4 Å². The lowest BCUT2D eigenvalue weighted by Crippen LogP contribution is -2.30. The molecule has 20 heavy (non-hydrogen) atoms. The van der Waals surface area contributed by atoms with E-state index in [2.05, 4.69) is 4.72 Å². The third-order valence-electron chi connectivity index (χ3n) is 2.67. The van der Waals surface area contributed by atoms with Crippen LogP contribution in [-0.2, 0) is 15.8 Å². The molecular formula is C13H19Cl2NO3S. The van der Waals surface area contributed by atoms with Crippen molar-refractivity contribution in [2.75, 3.05) is 6.54 Å². The lowest BCUT2D eigenvalue weighted by Gasteiger charge is -2.14. The Labute approximate surface area is 130 Å². The van der Waals surface area contributed by atoms with E-state index in [1.165, 1.54) is 0 Å². The Morgan fingerprint density at radius 1 is 1.20 bits per heavy atom. The summed E-state index contributed by atoms with van der Waals surface area (Å²) in [5.41, 5.74) is 0.540. The van der Waals surface area contributed by atoms with E-state index in [9.17, 15) is 13.5 Å². The van der Waals surface area contributed by atoms with E-state index in [-0.39, 0.29) is 11.7 Å². The number of aliphatic hydroxyl groups excluding tert-OH is 1. The molecule has 0 radical (unpaired) electrons. The number of benzene rings is 1. The van der Waals surface area contributed by atoms with Gasteiger partial charge in [0.25, 0.3) is 0 Å². The summed E-state index contributed by atoms with van der Waals surface area (Å²) in [5.74, 6) is -0.109. The molecule has 0 aliphatic rings. The van der Waals surface area contributed by atoms with Crippen molar-refractivity contribution < 1.29 is 13.5 Å². The van der Waals surface area contributed by atoms with Crippen LogP contribution in [0.5, 0.6) is 0 Å². The van der Waals surface area contributed by atoms with Gasteiger partial charge in [-0.05, 0) is 43.0 Å². The first-order valence-electron chi connectivity index (χ1n) is 6.28. The SMILES string of the molecule is CC(O)CC(C)CNS(=O)(=O)Cc1cc(Cl)cc(Cl)c1. The summed E-state index contributed by atoms with van der Waals surface area (Å²) < 4.78 is 26.4. The van der Waals surface area contributed by atoms with Crippen molar-refractivity contribution in [1.29, 1.82) is 0 Å². The number of halogens is 2. The summed E-state index contributed by atoms with van der Waals surface area (Å²) in [6, 6.07) is 4.70. The van der Waals surface area contributed by atoms with Crippen molar-refractivity contribution in [3.63, 3.8) is 0 Å². The van der Waals surface area contributed by atoms with Crippen molar-refractivity contribution in [3.05, 3.63) is 33.8 Å². The predicted octanol–water partition coefficient (Wildman–Crippen LogP) is 2.82. The van der Waals surface area contributed by atoms with E-state index in [0.717, 1.165) is 0 Å². The smallest absolute Gasteiger partial charge is 0.215 e. The maximum atomic E-state index is 12.0. The third-order valence-corrected chi connectivity index (χ3v) is 4.43. The third kappa shape index (κ3) is 6.90. The van der Waals surface area contributed by atoms with Crippen molar-refractivity contribution in [2.24, 2.45) is 5.92 Å². The van der Waals surface area contributed by atoms with Gasteiger partial charge in [0.05, 0.1) is 11.9 Å². The summed E-state index contributed by atoms with van der Waals surface area (Å²) in [4.78, 5) is 0. The monoisotopic (exact) mass is 339 g/mol. The number of hydrogen-bond acceptors (Lipinski definition) is 3. The second kappa shape index (κ2) is 7.61. The highest BCUT2D eigenvalue weighted by molar-refractivity contribution is 7.88. The second-order valence-corrected chi connectivity index (χ2v) is 7.75. The molecule has 0 aromatic heterocycles. The number of sulfonamides is 1. The van der Waals surface area contributed by atoms with Gasteiger partial charge in [-0.15, -0.1) is 0 Å². The Balaban J connectivity index is 2.61. The summed E-state index contributed by atoms with van der Waals surface area (Å²) in [6.45, 7) is 3.85. The van der Waals surface area contributed by atoms with Gasteiger partial charge in [0.1, 0.15) is 0 Å². The molecule has 0 saturated heterocycles. The zero-order valence-electron chi connectivity index (χ0n) is 11.4. The molecule has 2 N–H and O–H groups in total. The number of hydrogen-bond donors (Lipinski definition) is 2. The number of nitrogens with one attached hydrogen (secondary N) is 1. The van der Waals surface area contributed by atoms with Crippen LogP contribution in [0.25, 0.3) is 0 Å². The normalized spacial score (nSPS) is 15.1. The van der Waals surface area contributed by atoms with E-state index >= 15 is 0 Å². The van der Waals surface area contributed by atoms with Crippen LogP contribution >= 0.6 is 23.2 Å². The Hall–Kier alpha value is -0.330. The molecule has 0 bridgehead atoms. The minimum Gasteiger partial charge on any atom is -0.393 e. The summed E-state index contributed by atoms with van der Waals surface area (Å²) >= 11 is 11.7. The van der Waals surface area contributed by atoms with Crippen LogP contribution in [0, 0.1) is 5.92 Å². The predicted molar refractivity (Wildman–Crippen MR) is 82.6 cm³/mol. The minimum absolute atomic E-state index is 0.0627. The average Bonchev–Trinajstić information content (AvgIpc) is 2.23. The van der Waals surface area contributed by atoms with Crippen molar-refractivity contribution >= 4 is 33.2 Å². The van der Waals surface area contributed by atoms with Crippen LogP contribution in [0.15, 0.2) is 18.2 Å². The van der Waals surface area contributed by atoms with Crippen LogP contribution in [0.1, 0.15) is 25.8 Å². The fraction of sp³-hybridized carbons (Fsp3) is 0.538. The Kier molecular flexibility index (Phi) is 6.75. The van der Waals surface area contributed by atoms with Crippen LogP contribution in [0.3, 0.4) is 0 Å². The van der Waals surface area contributed by atoms with Gasteiger partial charge in [-0.1, -0.05) is 30.1 Å². The molecule has 0 heterocycles. The highest BCUT2D eigenvalue weighted by Crippen LogP contribution is 2.20. The highest BCUT2D eigenvalue weighted by atomic mass is 35.5. The number of rotatable bonds is 7. The van der Waals surface area contributed by atoms with Gasteiger partial charge in [-0.25, -0.2) is 13.1 Å². The maximum absolute atomic E-state index is 12.0. The average molecular weight is 340 g/mol. The fourth-order valence-electron chi connectivity index (χ4n) is 1.90. The van der Waals surface area contributed by atoms with E-state index in [4.69, 9.17) is 23.2 Å². The van der Waals surface area contributed by atoms with Crippen LogP contribution in [0.2, 0.25) is 10.0 Å². The minimum atomic E-state index is -3.45.